The first kappa shape index (κ1) is 13.8. The van der Waals surface area contributed by atoms with E-state index in [1.54, 1.807) is 0 Å². The quantitative estimate of drug-likeness (QED) is 0.808. The zero-order valence-corrected chi connectivity index (χ0v) is 13.3. The van der Waals surface area contributed by atoms with Crippen molar-refractivity contribution >= 4 is 11.4 Å². The van der Waals surface area contributed by atoms with Crippen LogP contribution in [0.4, 0.5) is 0 Å². The number of Topliss-reactive ketones (excluding diaryl/α,β-unsaturated/α-hetero) is 1. The monoisotopic (exact) mass is 296 g/mol. The molecule has 3 aliphatic rings. The van der Waals surface area contributed by atoms with Crippen LogP contribution in [0.5, 0.6) is 0 Å². The molecule has 0 amide bonds. The first-order valence-corrected chi connectivity index (χ1v) is 7.79. The van der Waals surface area contributed by atoms with Crippen LogP contribution in [0.3, 0.4) is 0 Å². The molecule has 2 bridgehead atoms. The second-order valence-electron chi connectivity index (χ2n) is 6.88. The smallest absolute Gasteiger partial charge is 0.173 e. The molecular weight excluding hydrogens is 276 g/mol. The van der Waals surface area contributed by atoms with Gasteiger partial charge in [-0.1, -0.05) is 23.8 Å². The third-order valence-corrected chi connectivity index (χ3v) is 5.29. The molecule has 4 rings (SSSR count). The summed E-state index contributed by atoms with van der Waals surface area (Å²) in [6.45, 7) is 8.07. The summed E-state index contributed by atoms with van der Waals surface area (Å²) in [5, 5.41) is 10.8. The maximum Gasteiger partial charge on any atom is 0.173 e. The average molecular weight is 296 g/mol. The van der Waals surface area contributed by atoms with E-state index >= 15 is 0 Å². The van der Waals surface area contributed by atoms with E-state index in [1.165, 1.54) is 5.56 Å². The van der Waals surface area contributed by atoms with Crippen molar-refractivity contribution in [2.45, 2.75) is 39.9 Å². The van der Waals surface area contributed by atoms with Crippen molar-refractivity contribution < 1.29 is 14.6 Å². The van der Waals surface area contributed by atoms with Gasteiger partial charge in [-0.2, -0.15) is 0 Å². The molecule has 1 aromatic carbocycles. The third-order valence-electron chi connectivity index (χ3n) is 5.29. The predicted molar refractivity (Wildman–Crippen MR) is 84.6 cm³/mol. The van der Waals surface area contributed by atoms with Gasteiger partial charge in [0, 0.05) is 0 Å². The fraction of sp³-hybridized carbons (Fsp3) is 0.421. The number of aliphatic hydroxyl groups is 1. The summed E-state index contributed by atoms with van der Waals surface area (Å²) in [6.07, 6.45) is 1.73. The fourth-order valence-electron chi connectivity index (χ4n) is 4.53. The highest BCUT2D eigenvalue weighted by Gasteiger charge is 2.58. The van der Waals surface area contributed by atoms with Crippen LogP contribution < -0.4 is 0 Å². The molecule has 0 radical (unpaired) electrons. The van der Waals surface area contributed by atoms with E-state index < -0.39 is 0 Å². The van der Waals surface area contributed by atoms with Crippen molar-refractivity contribution in [3.63, 3.8) is 0 Å². The van der Waals surface area contributed by atoms with Gasteiger partial charge in [0.05, 0.1) is 29.6 Å². The number of aryl methyl sites for hydroxylation is 3. The summed E-state index contributed by atoms with van der Waals surface area (Å²) in [7, 11) is 0. The lowest BCUT2D eigenvalue weighted by Gasteiger charge is -2.19. The summed E-state index contributed by atoms with van der Waals surface area (Å²) in [6, 6.07) is 4.14. The Labute approximate surface area is 130 Å². The molecule has 0 spiro atoms. The highest BCUT2D eigenvalue weighted by Crippen LogP contribution is 2.53. The molecule has 3 nitrogen and oxygen atoms in total. The second kappa shape index (κ2) is 4.32. The molecule has 1 aliphatic carbocycles. The number of hydrogen-bond acceptors (Lipinski definition) is 3. The number of allylic oxidation sites excluding steroid dienone is 1. The Kier molecular flexibility index (Phi) is 2.71. The zero-order chi connectivity index (χ0) is 15.8. The molecule has 0 aromatic heterocycles. The number of hydrogen-bond donors (Lipinski definition) is 1. The summed E-state index contributed by atoms with van der Waals surface area (Å²) in [5.41, 5.74) is 5.82. The minimum atomic E-state index is -0.246. The lowest BCUT2D eigenvalue weighted by atomic mass is 9.81. The van der Waals surface area contributed by atoms with E-state index in [1.807, 2.05) is 33.8 Å². The van der Waals surface area contributed by atoms with Crippen molar-refractivity contribution in [1.82, 2.24) is 0 Å². The predicted octanol–water partition coefficient (Wildman–Crippen LogP) is 3.42. The van der Waals surface area contributed by atoms with Gasteiger partial charge in [0.1, 0.15) is 5.76 Å². The lowest BCUT2D eigenvalue weighted by Crippen LogP contribution is -2.28. The number of ether oxygens (including phenoxy) is 1. The van der Waals surface area contributed by atoms with Crippen molar-refractivity contribution in [2.24, 2.45) is 11.8 Å². The van der Waals surface area contributed by atoms with Gasteiger partial charge in [-0.3, -0.25) is 4.79 Å². The van der Waals surface area contributed by atoms with Gasteiger partial charge in [-0.25, -0.2) is 0 Å². The Bertz CT molecular complexity index is 746. The van der Waals surface area contributed by atoms with Crippen molar-refractivity contribution in [1.29, 1.82) is 0 Å². The lowest BCUT2D eigenvalue weighted by molar-refractivity contribution is -0.118. The van der Waals surface area contributed by atoms with E-state index in [9.17, 15) is 9.90 Å². The first-order chi connectivity index (χ1) is 10.4. The van der Waals surface area contributed by atoms with E-state index in [2.05, 4.69) is 12.1 Å². The number of carbonyl (C=O) groups is 1. The third kappa shape index (κ3) is 1.57. The van der Waals surface area contributed by atoms with Crippen LogP contribution in [0.25, 0.3) is 5.57 Å². The number of ketones is 1. The van der Waals surface area contributed by atoms with Crippen LogP contribution >= 0.6 is 0 Å². The molecule has 22 heavy (non-hydrogen) atoms. The molecule has 1 fully saturated rings. The molecule has 1 unspecified atom stereocenters. The van der Waals surface area contributed by atoms with E-state index in [0.29, 0.717) is 5.57 Å². The Balaban J connectivity index is 1.88. The first-order valence-electron chi connectivity index (χ1n) is 7.79. The van der Waals surface area contributed by atoms with Gasteiger partial charge in [-0.15, -0.1) is 0 Å². The molecule has 0 saturated carbocycles. The minimum absolute atomic E-state index is 0.0359. The van der Waals surface area contributed by atoms with Gasteiger partial charge in [0.25, 0.3) is 0 Å². The van der Waals surface area contributed by atoms with Gasteiger partial charge >= 0.3 is 0 Å². The van der Waals surface area contributed by atoms with E-state index in [0.717, 1.165) is 22.3 Å². The van der Waals surface area contributed by atoms with Crippen molar-refractivity contribution in [3.8, 4) is 0 Å². The highest BCUT2D eigenvalue weighted by molar-refractivity contribution is 6.26. The Hall–Kier alpha value is -1.87. The van der Waals surface area contributed by atoms with E-state index in [4.69, 9.17) is 4.74 Å². The van der Waals surface area contributed by atoms with Crippen LogP contribution in [0.15, 0.2) is 29.5 Å². The molecule has 1 N–H and O–H groups in total. The Morgan fingerprint density at radius 2 is 1.68 bits per heavy atom. The van der Waals surface area contributed by atoms with Crippen LogP contribution in [0.2, 0.25) is 0 Å². The van der Waals surface area contributed by atoms with E-state index in [-0.39, 0.29) is 35.6 Å². The number of benzene rings is 1. The Morgan fingerprint density at radius 3 is 2.32 bits per heavy atom. The normalized spacial score (nSPS) is 32.7. The van der Waals surface area contributed by atoms with Gasteiger partial charge in [0.2, 0.25) is 0 Å². The van der Waals surface area contributed by atoms with Gasteiger partial charge in [0.15, 0.2) is 5.78 Å². The maximum atomic E-state index is 13.0. The summed E-state index contributed by atoms with van der Waals surface area (Å²) in [4.78, 5) is 13.0. The standard InChI is InChI=1S/C19H20O3/c1-8-5-9(2)13(10(3)6-8)15-17(20)14-12-7-11(4)19(22-12)16(14)18(15)21/h5-7,12,14,16,19,21H,1-4H3/t12-,14-,16+,19?/m0/s1. The summed E-state index contributed by atoms with van der Waals surface area (Å²) in [5.74, 6) is -0.180. The highest BCUT2D eigenvalue weighted by atomic mass is 16.5. The largest absolute Gasteiger partial charge is 0.511 e. The second-order valence-corrected chi connectivity index (χ2v) is 6.88. The van der Waals surface area contributed by atoms with Crippen LogP contribution in [0, 0.1) is 32.6 Å². The fourth-order valence-corrected chi connectivity index (χ4v) is 4.53. The molecule has 3 heteroatoms. The van der Waals surface area contributed by atoms with Crippen LogP contribution in [-0.2, 0) is 9.53 Å². The average Bonchev–Trinajstić information content (AvgIpc) is 3.03. The molecule has 4 atom stereocenters. The molecule has 1 aromatic rings. The van der Waals surface area contributed by atoms with Gasteiger partial charge in [-0.05, 0) is 50.0 Å². The SMILES string of the molecule is CC1=C[C@@H]2OC1[C@H]1C(O)=C(c3c(C)cc(C)cc3C)C(=O)[C@@H]21. The number of carbonyl (C=O) groups excluding carboxylic acids is 1. The van der Waals surface area contributed by atoms with Crippen molar-refractivity contribution in [3.05, 3.63) is 51.8 Å². The number of rotatable bonds is 1. The molecule has 2 aliphatic heterocycles. The zero-order valence-electron chi connectivity index (χ0n) is 13.3. The molecule has 114 valence electrons. The number of aliphatic hydroxyl groups excluding tert-OH is 1. The van der Waals surface area contributed by atoms with Gasteiger partial charge < -0.3 is 9.84 Å². The van der Waals surface area contributed by atoms with Crippen LogP contribution in [0.1, 0.15) is 29.2 Å². The summed E-state index contributed by atoms with van der Waals surface area (Å²) >= 11 is 0. The molecule has 1 saturated heterocycles. The topological polar surface area (TPSA) is 46.5 Å². The maximum absolute atomic E-state index is 13.0. The number of fused-ring (bicyclic) bond motifs is 5. The minimum Gasteiger partial charge on any atom is -0.511 e. The molecule has 2 heterocycles. The Morgan fingerprint density at radius 1 is 1.05 bits per heavy atom. The van der Waals surface area contributed by atoms with Crippen LogP contribution in [-0.4, -0.2) is 23.1 Å². The summed E-state index contributed by atoms with van der Waals surface area (Å²) < 4.78 is 5.85. The molecular formula is C19H20O3. The van der Waals surface area contributed by atoms with Crippen molar-refractivity contribution in [2.75, 3.05) is 0 Å².